The third-order valence-corrected chi connectivity index (χ3v) is 5.79. The number of carbonyl (C=O) groups is 4. The fourth-order valence-electron chi connectivity index (χ4n) is 2.80. The van der Waals surface area contributed by atoms with Gasteiger partial charge >= 0.3 is 23.9 Å². The van der Waals surface area contributed by atoms with Crippen molar-refractivity contribution in [3.63, 3.8) is 0 Å². The third kappa shape index (κ3) is 9.22. The Morgan fingerprint density at radius 2 is 1.27 bits per heavy atom. The normalized spacial score (nSPS) is 26.4. The first-order valence-corrected chi connectivity index (χ1v) is 13.4. The topological polar surface area (TPSA) is 124 Å². The molecule has 0 unspecified atom stereocenters. The standard InChI is InChI=1S/C19H32O10Si/c1-11(20)25-10-15-16(26-12(2)21)17(27-13(3)22)18(28-14(4)23)19(29-15)24-8-9-30(5,6)7/h15-19H,8-10H2,1-7H3/t15-,16-,17+,18-,19-/m1/s1. The number of hydrogen-bond donors (Lipinski definition) is 0. The molecule has 5 atom stereocenters. The molecular formula is C19H32O10Si. The van der Waals surface area contributed by atoms with E-state index in [-0.39, 0.29) is 6.61 Å². The summed E-state index contributed by atoms with van der Waals surface area (Å²) in [7, 11) is -1.43. The first-order chi connectivity index (χ1) is 13.8. The SMILES string of the molecule is CC(=O)OC[C@H]1O[C@@H](OCC[Si](C)(C)C)[C@H](OC(C)=O)[C@@H](OC(C)=O)[C@@H]1OC(C)=O. The van der Waals surface area contributed by atoms with Gasteiger partial charge in [-0.15, -0.1) is 0 Å². The quantitative estimate of drug-likeness (QED) is 0.290. The van der Waals surface area contributed by atoms with Crippen molar-refractivity contribution in [2.45, 2.75) is 84.1 Å². The van der Waals surface area contributed by atoms with E-state index in [9.17, 15) is 19.2 Å². The largest absolute Gasteiger partial charge is 0.463 e. The van der Waals surface area contributed by atoms with Crippen LogP contribution in [0.5, 0.6) is 0 Å². The Morgan fingerprint density at radius 3 is 1.73 bits per heavy atom. The number of rotatable bonds is 9. The van der Waals surface area contributed by atoms with Gasteiger partial charge in [-0.05, 0) is 6.04 Å². The van der Waals surface area contributed by atoms with Gasteiger partial charge in [0.2, 0.25) is 0 Å². The zero-order chi connectivity index (χ0) is 23.1. The molecule has 0 aromatic heterocycles. The van der Waals surface area contributed by atoms with E-state index in [0.29, 0.717) is 6.61 Å². The van der Waals surface area contributed by atoms with Gasteiger partial charge in [-0.3, -0.25) is 19.2 Å². The van der Waals surface area contributed by atoms with Crippen LogP contribution in [0.2, 0.25) is 25.7 Å². The van der Waals surface area contributed by atoms with Crippen molar-refractivity contribution in [3.05, 3.63) is 0 Å². The summed E-state index contributed by atoms with van der Waals surface area (Å²) in [5.74, 6) is -2.57. The van der Waals surface area contributed by atoms with Crippen LogP contribution in [-0.4, -0.2) is 75.9 Å². The lowest BCUT2D eigenvalue weighted by Gasteiger charge is -2.44. The van der Waals surface area contributed by atoms with Crippen LogP contribution in [-0.2, 0) is 47.6 Å². The number of hydrogen-bond acceptors (Lipinski definition) is 10. The molecule has 1 aliphatic rings. The van der Waals surface area contributed by atoms with Crippen LogP contribution in [0.1, 0.15) is 27.7 Å². The van der Waals surface area contributed by atoms with E-state index >= 15 is 0 Å². The second kappa shape index (κ2) is 11.4. The molecule has 10 nitrogen and oxygen atoms in total. The minimum Gasteiger partial charge on any atom is -0.463 e. The first-order valence-electron chi connectivity index (χ1n) is 9.72. The summed E-state index contributed by atoms with van der Waals surface area (Å²) in [6.45, 7) is 11.3. The van der Waals surface area contributed by atoms with Crippen molar-refractivity contribution in [1.82, 2.24) is 0 Å². The van der Waals surface area contributed by atoms with Gasteiger partial charge in [0, 0.05) is 42.4 Å². The molecule has 0 bridgehead atoms. The van der Waals surface area contributed by atoms with E-state index in [4.69, 9.17) is 28.4 Å². The van der Waals surface area contributed by atoms with Crippen LogP contribution in [0, 0.1) is 0 Å². The Labute approximate surface area is 177 Å². The highest BCUT2D eigenvalue weighted by atomic mass is 28.3. The van der Waals surface area contributed by atoms with E-state index < -0.39 is 62.7 Å². The number of carbonyl (C=O) groups excluding carboxylic acids is 4. The van der Waals surface area contributed by atoms with Crippen LogP contribution in [0.4, 0.5) is 0 Å². The van der Waals surface area contributed by atoms with E-state index in [1.165, 1.54) is 27.7 Å². The van der Waals surface area contributed by atoms with Gasteiger partial charge in [-0.1, -0.05) is 19.6 Å². The Balaban J connectivity index is 3.22. The molecule has 172 valence electrons. The fourth-order valence-corrected chi connectivity index (χ4v) is 3.53. The number of esters is 4. The zero-order valence-electron chi connectivity index (χ0n) is 18.6. The van der Waals surface area contributed by atoms with E-state index in [2.05, 4.69) is 19.6 Å². The summed E-state index contributed by atoms with van der Waals surface area (Å²) in [5.41, 5.74) is 0. The predicted molar refractivity (Wildman–Crippen MR) is 106 cm³/mol. The molecule has 1 aliphatic heterocycles. The summed E-state index contributed by atoms with van der Waals surface area (Å²) in [4.78, 5) is 46.4. The van der Waals surface area contributed by atoms with E-state index in [1.54, 1.807) is 0 Å². The summed E-state index contributed by atoms with van der Waals surface area (Å²) in [6, 6.07) is 0.805. The molecule has 1 fully saturated rings. The van der Waals surface area contributed by atoms with Gasteiger partial charge in [0.1, 0.15) is 12.7 Å². The maximum absolute atomic E-state index is 11.7. The second-order valence-electron chi connectivity index (χ2n) is 8.25. The molecule has 0 aromatic carbocycles. The molecule has 0 N–H and O–H groups in total. The van der Waals surface area contributed by atoms with Crippen molar-refractivity contribution in [1.29, 1.82) is 0 Å². The smallest absolute Gasteiger partial charge is 0.303 e. The monoisotopic (exact) mass is 448 g/mol. The lowest BCUT2D eigenvalue weighted by Crippen LogP contribution is -2.63. The van der Waals surface area contributed by atoms with Gasteiger partial charge in [0.15, 0.2) is 24.6 Å². The molecule has 1 saturated heterocycles. The maximum Gasteiger partial charge on any atom is 0.303 e. The summed E-state index contributed by atoms with van der Waals surface area (Å²) >= 11 is 0. The van der Waals surface area contributed by atoms with Crippen molar-refractivity contribution >= 4 is 32.0 Å². The van der Waals surface area contributed by atoms with Gasteiger partial charge < -0.3 is 28.4 Å². The molecule has 1 heterocycles. The van der Waals surface area contributed by atoms with Crippen LogP contribution >= 0.6 is 0 Å². The molecule has 0 aliphatic carbocycles. The molecule has 0 amide bonds. The van der Waals surface area contributed by atoms with Crippen LogP contribution in [0.25, 0.3) is 0 Å². The highest BCUT2D eigenvalue weighted by molar-refractivity contribution is 6.76. The molecule has 11 heteroatoms. The van der Waals surface area contributed by atoms with Crippen molar-refractivity contribution in [2.24, 2.45) is 0 Å². The Bertz CT molecular complexity index is 629. The average molecular weight is 449 g/mol. The molecular weight excluding hydrogens is 416 g/mol. The molecule has 0 saturated carbocycles. The first kappa shape index (κ1) is 26.1. The van der Waals surface area contributed by atoms with Crippen LogP contribution in [0.3, 0.4) is 0 Å². The molecule has 0 radical (unpaired) electrons. The Kier molecular flexibility index (Phi) is 9.92. The van der Waals surface area contributed by atoms with Gasteiger partial charge in [-0.2, -0.15) is 0 Å². The highest BCUT2D eigenvalue weighted by Gasteiger charge is 2.52. The van der Waals surface area contributed by atoms with Gasteiger partial charge in [0.25, 0.3) is 0 Å². The summed E-state index contributed by atoms with van der Waals surface area (Å²) < 4.78 is 32.7. The molecule has 0 spiro atoms. The summed E-state index contributed by atoms with van der Waals surface area (Å²) in [6.07, 6.45) is -5.66. The van der Waals surface area contributed by atoms with Crippen molar-refractivity contribution < 1.29 is 47.6 Å². The van der Waals surface area contributed by atoms with Crippen LogP contribution < -0.4 is 0 Å². The summed E-state index contributed by atoms with van der Waals surface area (Å²) in [5, 5.41) is 0. The van der Waals surface area contributed by atoms with Crippen LogP contribution in [0.15, 0.2) is 0 Å². The molecule has 1 rings (SSSR count). The van der Waals surface area contributed by atoms with E-state index in [1.807, 2.05) is 0 Å². The minimum atomic E-state index is -1.43. The lowest BCUT2D eigenvalue weighted by molar-refractivity contribution is -0.307. The van der Waals surface area contributed by atoms with Crippen molar-refractivity contribution in [3.8, 4) is 0 Å². The number of ether oxygens (including phenoxy) is 6. The van der Waals surface area contributed by atoms with Crippen molar-refractivity contribution in [2.75, 3.05) is 13.2 Å². The van der Waals surface area contributed by atoms with Gasteiger partial charge in [0.05, 0.1) is 0 Å². The molecule has 0 aromatic rings. The minimum absolute atomic E-state index is 0.272. The maximum atomic E-state index is 11.7. The highest BCUT2D eigenvalue weighted by Crippen LogP contribution is 2.30. The predicted octanol–water partition coefficient (Wildman–Crippen LogP) is 1.42. The second-order valence-corrected chi connectivity index (χ2v) is 13.9. The third-order valence-electron chi connectivity index (χ3n) is 4.08. The average Bonchev–Trinajstić information content (AvgIpc) is 2.55. The fraction of sp³-hybridized carbons (Fsp3) is 0.789. The zero-order valence-corrected chi connectivity index (χ0v) is 19.6. The Morgan fingerprint density at radius 1 is 0.767 bits per heavy atom. The lowest BCUT2D eigenvalue weighted by atomic mass is 9.98. The molecule has 30 heavy (non-hydrogen) atoms. The van der Waals surface area contributed by atoms with E-state index in [0.717, 1.165) is 6.04 Å². The van der Waals surface area contributed by atoms with Gasteiger partial charge in [-0.25, -0.2) is 0 Å². The Hall–Kier alpha value is -1.98.